The molecule has 0 aromatic heterocycles. The van der Waals surface area contributed by atoms with Crippen molar-refractivity contribution in [2.75, 3.05) is 0 Å². The average Bonchev–Trinajstić information content (AvgIpc) is 2.43. The number of aryl methyl sites for hydroxylation is 4. The molecule has 0 saturated carbocycles. The molecule has 0 bridgehead atoms. The first kappa shape index (κ1) is 21.9. The van der Waals surface area contributed by atoms with Crippen molar-refractivity contribution >= 4 is 10.1 Å². The molecule has 0 fully saturated rings. The van der Waals surface area contributed by atoms with Crippen LogP contribution in [0, 0.1) is 34.8 Å². The normalized spacial score (nSPS) is 11.7. The van der Waals surface area contributed by atoms with E-state index >= 15 is 0 Å². The topological polar surface area (TPSA) is 57.2 Å². The van der Waals surface area contributed by atoms with E-state index in [0.717, 1.165) is 0 Å². The molecule has 0 aliphatic heterocycles. The van der Waals surface area contributed by atoms with Crippen LogP contribution in [0.3, 0.4) is 0 Å². The van der Waals surface area contributed by atoms with Crippen molar-refractivity contribution in [3.8, 4) is 0 Å². The van der Waals surface area contributed by atoms with Gasteiger partial charge in [-0.3, -0.25) is 0 Å². The molecule has 0 aliphatic rings. The first-order chi connectivity index (χ1) is 11.3. The van der Waals surface area contributed by atoms with Crippen molar-refractivity contribution < 1.29 is 47.3 Å². The lowest BCUT2D eigenvalue weighted by atomic mass is 10.2. The van der Waals surface area contributed by atoms with Gasteiger partial charge in [0.05, 0.1) is 0 Å². The number of rotatable bonds is 2. The minimum Gasteiger partial charge on any atom is -0.741 e. The fourth-order valence-electron chi connectivity index (χ4n) is 1.91. The van der Waals surface area contributed by atoms with Crippen molar-refractivity contribution in [2.24, 2.45) is 0 Å². The van der Waals surface area contributed by atoms with Crippen LogP contribution in [0.15, 0.2) is 36.4 Å². The van der Waals surface area contributed by atoms with Crippen LogP contribution in [-0.4, -0.2) is 18.5 Å². The SMILES string of the molecule is Cc1ccc([I+]c2ccc(C)cc2C)c(C)c1.O=S(=O)([O-])C(F)(F)F. The summed E-state index contributed by atoms with van der Waals surface area (Å²) in [5, 5.41) is 0. The lowest BCUT2D eigenvalue weighted by molar-refractivity contribution is -0.598. The van der Waals surface area contributed by atoms with Crippen LogP contribution in [-0.2, 0) is 10.1 Å². The minimum absolute atomic E-state index is 0.0403. The smallest absolute Gasteiger partial charge is 0.485 e. The Bertz CT molecular complexity index is 797. The Morgan fingerprint density at radius 1 is 0.840 bits per heavy atom. The summed E-state index contributed by atoms with van der Waals surface area (Å²) in [7, 11) is -6.09. The Morgan fingerprint density at radius 2 is 1.16 bits per heavy atom. The molecule has 0 spiro atoms. The highest BCUT2D eigenvalue weighted by Crippen LogP contribution is 2.20. The number of hydrogen-bond donors (Lipinski definition) is 0. The van der Waals surface area contributed by atoms with Gasteiger partial charge in [-0.25, -0.2) is 8.42 Å². The first-order valence-corrected chi connectivity index (χ1v) is 10.7. The van der Waals surface area contributed by atoms with E-state index in [9.17, 15) is 13.2 Å². The molecule has 0 N–H and O–H groups in total. The van der Waals surface area contributed by atoms with Crippen molar-refractivity contribution in [1.82, 2.24) is 0 Å². The average molecular weight is 486 g/mol. The van der Waals surface area contributed by atoms with Gasteiger partial charge in [-0.15, -0.1) is 0 Å². The Hall–Kier alpha value is -1.13. The predicted octanol–water partition coefficient (Wildman–Crippen LogP) is 1.10. The van der Waals surface area contributed by atoms with Crippen LogP contribution in [0.1, 0.15) is 22.3 Å². The second kappa shape index (κ2) is 8.50. The quantitative estimate of drug-likeness (QED) is 0.363. The van der Waals surface area contributed by atoms with E-state index < -0.39 is 15.6 Å². The minimum atomic E-state index is -6.09. The van der Waals surface area contributed by atoms with Crippen molar-refractivity contribution in [3.63, 3.8) is 0 Å². The number of benzene rings is 2. The molecule has 0 amide bonds. The monoisotopic (exact) mass is 486 g/mol. The van der Waals surface area contributed by atoms with Crippen molar-refractivity contribution in [3.05, 3.63) is 65.8 Å². The van der Waals surface area contributed by atoms with Gasteiger partial charge in [-0.1, -0.05) is 35.4 Å². The third kappa shape index (κ3) is 6.95. The van der Waals surface area contributed by atoms with Crippen molar-refractivity contribution in [1.29, 1.82) is 0 Å². The summed E-state index contributed by atoms with van der Waals surface area (Å²) in [6.45, 7) is 8.77. The zero-order chi connectivity index (χ0) is 19.4. The lowest BCUT2D eigenvalue weighted by Crippen LogP contribution is -3.62. The zero-order valence-corrected chi connectivity index (χ0v) is 17.1. The first-order valence-electron chi connectivity index (χ1n) is 7.13. The summed E-state index contributed by atoms with van der Waals surface area (Å²) < 4.78 is 62.0. The molecule has 8 heteroatoms. The lowest BCUT2D eigenvalue weighted by Gasteiger charge is -2.08. The molecule has 138 valence electrons. The number of hydrogen-bond acceptors (Lipinski definition) is 3. The third-order valence-corrected chi connectivity index (χ3v) is 7.26. The zero-order valence-electron chi connectivity index (χ0n) is 14.1. The van der Waals surface area contributed by atoms with Crippen LogP contribution in [0.25, 0.3) is 0 Å². The van der Waals surface area contributed by atoms with Gasteiger partial charge in [0.1, 0.15) is 0 Å². The van der Waals surface area contributed by atoms with Gasteiger partial charge in [0.25, 0.3) is 0 Å². The molecular weight excluding hydrogens is 468 g/mol. The molecule has 2 aromatic carbocycles. The molecule has 0 unspecified atom stereocenters. The molecule has 0 aliphatic carbocycles. The van der Waals surface area contributed by atoms with Gasteiger partial charge < -0.3 is 4.55 Å². The maximum absolute atomic E-state index is 10.7. The van der Waals surface area contributed by atoms with E-state index in [0.29, 0.717) is 0 Å². The fourth-order valence-corrected chi connectivity index (χ4v) is 4.42. The van der Waals surface area contributed by atoms with Crippen LogP contribution in [0.5, 0.6) is 0 Å². The Kier molecular flexibility index (Phi) is 7.45. The van der Waals surface area contributed by atoms with Gasteiger partial charge in [0.2, 0.25) is 0 Å². The molecule has 0 saturated heterocycles. The molecule has 0 radical (unpaired) electrons. The number of halogens is 4. The van der Waals surface area contributed by atoms with Crippen LogP contribution >= 0.6 is 0 Å². The summed E-state index contributed by atoms with van der Waals surface area (Å²) >= 11 is -0.0403. The van der Waals surface area contributed by atoms with Crippen LogP contribution < -0.4 is 21.2 Å². The predicted molar refractivity (Wildman–Crippen MR) is 85.0 cm³/mol. The molecule has 0 atom stereocenters. The molecule has 2 aromatic rings. The Labute approximate surface area is 156 Å². The van der Waals surface area contributed by atoms with Gasteiger partial charge in [-0.2, -0.15) is 13.2 Å². The standard InChI is InChI=1S/C16H18I.CHF3O3S/c1-11-5-7-15(13(3)9-11)17-16-8-6-12(2)10-14(16)4;2-1(3,4)8(5,6)7/h5-10H,1-4H3;(H,5,6,7)/q+1;/p-1. The highest BCUT2D eigenvalue weighted by atomic mass is 127. The van der Waals surface area contributed by atoms with E-state index in [2.05, 4.69) is 64.1 Å². The van der Waals surface area contributed by atoms with Gasteiger partial charge in [0.15, 0.2) is 17.3 Å². The summed E-state index contributed by atoms with van der Waals surface area (Å²) in [6, 6.07) is 13.6. The van der Waals surface area contributed by atoms with Gasteiger partial charge in [-0.05, 0) is 39.8 Å². The second-order valence-electron chi connectivity index (χ2n) is 5.50. The summed E-state index contributed by atoms with van der Waals surface area (Å²) in [6.07, 6.45) is 0. The summed E-state index contributed by atoms with van der Waals surface area (Å²) in [5.41, 5.74) is -0.0465. The van der Waals surface area contributed by atoms with E-state index in [1.165, 1.54) is 22.3 Å². The fraction of sp³-hybridized carbons (Fsp3) is 0.294. The molecule has 3 nitrogen and oxygen atoms in total. The summed E-state index contributed by atoms with van der Waals surface area (Å²) in [4.78, 5) is 0. The Morgan fingerprint density at radius 3 is 1.40 bits per heavy atom. The second-order valence-corrected chi connectivity index (χ2v) is 9.73. The molecule has 2 rings (SSSR count). The highest BCUT2D eigenvalue weighted by molar-refractivity contribution is 7.86. The van der Waals surface area contributed by atoms with E-state index in [1.807, 2.05) is 0 Å². The van der Waals surface area contributed by atoms with E-state index in [4.69, 9.17) is 13.0 Å². The third-order valence-electron chi connectivity index (χ3n) is 3.11. The maximum atomic E-state index is 10.7. The van der Waals surface area contributed by atoms with E-state index in [-0.39, 0.29) is 21.2 Å². The molecular formula is C17H18F3IO3S. The molecule has 0 heterocycles. The summed E-state index contributed by atoms with van der Waals surface area (Å²) in [5.74, 6) is 0. The highest BCUT2D eigenvalue weighted by Gasteiger charge is 2.36. The molecule has 25 heavy (non-hydrogen) atoms. The van der Waals surface area contributed by atoms with Crippen molar-refractivity contribution in [2.45, 2.75) is 33.2 Å². The van der Waals surface area contributed by atoms with Gasteiger partial charge in [0, 0.05) is 11.1 Å². The van der Waals surface area contributed by atoms with E-state index in [1.54, 1.807) is 7.14 Å². The maximum Gasteiger partial charge on any atom is 0.485 e. The number of alkyl halides is 3. The van der Waals surface area contributed by atoms with Gasteiger partial charge >= 0.3 is 26.7 Å². The Balaban J connectivity index is 0.000000333. The van der Waals surface area contributed by atoms with Crippen LogP contribution in [0.4, 0.5) is 13.2 Å². The largest absolute Gasteiger partial charge is 0.741 e. The van der Waals surface area contributed by atoms with Crippen LogP contribution in [0.2, 0.25) is 0 Å².